The fraction of sp³-hybridized carbons (Fsp3) is 0.333. The Bertz CT molecular complexity index is 1320. The van der Waals surface area contributed by atoms with E-state index in [1.165, 1.54) is 29.4 Å². The molecule has 0 aromatic carbocycles. The summed E-state index contributed by atoms with van der Waals surface area (Å²) in [7, 11) is -1.08. The molecule has 0 aliphatic carbocycles. The maximum absolute atomic E-state index is 12.9. The minimum Gasteiger partial charge on any atom is -0.327 e. The second-order valence-corrected chi connectivity index (χ2v) is 9.08. The first-order chi connectivity index (χ1) is 13.4. The molecule has 0 amide bonds. The maximum atomic E-state index is 12.9. The van der Waals surface area contributed by atoms with Crippen molar-refractivity contribution in [1.82, 2.24) is 28.7 Å². The molecule has 0 aliphatic heterocycles. The predicted molar refractivity (Wildman–Crippen MR) is 109 cm³/mol. The molecule has 0 bridgehead atoms. The lowest BCUT2D eigenvalue weighted by Crippen LogP contribution is -2.22. The van der Waals surface area contributed by atoms with Crippen LogP contribution in [0.5, 0.6) is 0 Å². The number of nitrogens with one attached hydrogen (secondary N) is 1. The third kappa shape index (κ3) is 3.08. The smallest absolute Gasteiger partial charge is 0.272 e. The van der Waals surface area contributed by atoms with Crippen molar-refractivity contribution in [3.05, 3.63) is 27.6 Å². The average molecular weight is 440 g/mol. The lowest BCUT2D eigenvalue weighted by Gasteiger charge is -2.08. The Labute approximate surface area is 169 Å². The molecule has 0 unspecified atom stereocenters. The number of anilines is 1. The summed E-state index contributed by atoms with van der Waals surface area (Å²) >= 11 is 2.67. The molecule has 148 valence electrons. The number of hydrogen-bond acceptors (Lipinski definition) is 8. The van der Waals surface area contributed by atoms with Crippen LogP contribution in [0.4, 0.5) is 5.82 Å². The van der Waals surface area contributed by atoms with E-state index >= 15 is 0 Å². The van der Waals surface area contributed by atoms with Crippen LogP contribution in [0.1, 0.15) is 18.2 Å². The quantitative estimate of drug-likeness (QED) is 0.439. The van der Waals surface area contributed by atoms with Crippen LogP contribution in [-0.4, -0.2) is 37.1 Å². The van der Waals surface area contributed by atoms with Gasteiger partial charge in [-0.15, -0.1) is 21.5 Å². The van der Waals surface area contributed by atoms with E-state index in [9.17, 15) is 13.2 Å². The molecule has 0 aliphatic rings. The molecular weight excluding hydrogens is 422 g/mol. The first-order valence-corrected chi connectivity index (χ1v) is 11.2. The lowest BCUT2D eigenvalue weighted by atomic mass is 10.4. The molecular formula is C15H17N7O3S3. The van der Waals surface area contributed by atoms with Gasteiger partial charge in [-0.1, -0.05) is 6.92 Å². The zero-order valence-electron chi connectivity index (χ0n) is 15.2. The summed E-state index contributed by atoms with van der Waals surface area (Å²) in [4.78, 5) is 18.0. The minimum absolute atomic E-state index is 0.0716. The van der Waals surface area contributed by atoms with Gasteiger partial charge >= 0.3 is 0 Å². The highest BCUT2D eigenvalue weighted by Gasteiger charge is 2.21. The summed E-state index contributed by atoms with van der Waals surface area (Å²) in [5.74, 6) is 0.686. The van der Waals surface area contributed by atoms with Gasteiger partial charge in [0.2, 0.25) is 21.8 Å². The predicted octanol–water partition coefficient (Wildman–Crippen LogP) is 1.65. The molecule has 13 heteroatoms. The van der Waals surface area contributed by atoms with E-state index in [1.807, 2.05) is 24.3 Å². The Kier molecular flexibility index (Phi) is 4.89. The van der Waals surface area contributed by atoms with Gasteiger partial charge in [0.05, 0.1) is 11.8 Å². The number of aromatic nitrogens is 6. The number of thiol groups is 1. The summed E-state index contributed by atoms with van der Waals surface area (Å²) in [5, 5.41) is 9.62. The molecule has 28 heavy (non-hydrogen) atoms. The van der Waals surface area contributed by atoms with Crippen LogP contribution in [0.15, 0.2) is 27.4 Å². The second-order valence-electron chi connectivity index (χ2n) is 6.13. The Morgan fingerprint density at radius 3 is 2.82 bits per heavy atom. The standard InChI is InChI=1S/C15H17N7O3S3/c1-4-5-21-12(23)10-9(6-8(2)26-10)22-14(21)17-18-15(22)27-13-11(19-28(24)25)16-7-20(13)3/h6-7,28H,4-5H2,1-3H3,(H,19,24,25). The van der Waals surface area contributed by atoms with Crippen molar-refractivity contribution in [1.29, 1.82) is 0 Å². The number of fused-ring (bicyclic) bond motifs is 3. The number of nitrogens with zero attached hydrogens (tertiary/aromatic N) is 6. The van der Waals surface area contributed by atoms with Crippen molar-refractivity contribution >= 4 is 55.8 Å². The van der Waals surface area contributed by atoms with Crippen molar-refractivity contribution in [2.24, 2.45) is 7.05 Å². The van der Waals surface area contributed by atoms with E-state index in [1.54, 1.807) is 16.2 Å². The molecule has 0 fully saturated rings. The molecule has 10 nitrogen and oxygen atoms in total. The normalized spacial score (nSPS) is 11.9. The van der Waals surface area contributed by atoms with Gasteiger partial charge in [-0.25, -0.2) is 13.4 Å². The van der Waals surface area contributed by atoms with Crippen LogP contribution >= 0.6 is 23.1 Å². The zero-order chi connectivity index (χ0) is 20.0. The van der Waals surface area contributed by atoms with Gasteiger partial charge in [0.25, 0.3) is 5.56 Å². The Balaban J connectivity index is 1.95. The fourth-order valence-electron chi connectivity index (χ4n) is 2.96. The van der Waals surface area contributed by atoms with Crippen LogP contribution in [0.3, 0.4) is 0 Å². The summed E-state index contributed by atoms with van der Waals surface area (Å²) in [5.41, 5.74) is 0.673. The zero-order valence-corrected chi connectivity index (χ0v) is 17.8. The summed E-state index contributed by atoms with van der Waals surface area (Å²) < 4.78 is 30.3. The topological polar surface area (TPSA) is 116 Å². The first kappa shape index (κ1) is 19.0. The SMILES string of the molecule is CCCn1c(=O)c2sc(C)cc2n2c(Sc3c(N[SH](=O)=O)ncn3C)nnc12. The van der Waals surface area contributed by atoms with Crippen LogP contribution in [0.25, 0.3) is 16.0 Å². The van der Waals surface area contributed by atoms with E-state index < -0.39 is 10.9 Å². The second kappa shape index (κ2) is 7.22. The summed E-state index contributed by atoms with van der Waals surface area (Å²) in [6, 6.07) is 1.94. The van der Waals surface area contributed by atoms with Gasteiger partial charge in [0, 0.05) is 18.5 Å². The number of imidazole rings is 1. The maximum Gasteiger partial charge on any atom is 0.272 e. The van der Waals surface area contributed by atoms with Crippen molar-refractivity contribution in [3.63, 3.8) is 0 Å². The largest absolute Gasteiger partial charge is 0.327 e. The molecule has 4 aromatic rings. The number of hydrogen-bond donors (Lipinski definition) is 2. The van der Waals surface area contributed by atoms with Gasteiger partial charge in [-0.3, -0.25) is 18.5 Å². The van der Waals surface area contributed by atoms with Gasteiger partial charge in [-0.2, -0.15) is 0 Å². The Morgan fingerprint density at radius 2 is 2.11 bits per heavy atom. The molecule has 1 N–H and O–H groups in total. The van der Waals surface area contributed by atoms with Crippen molar-refractivity contribution < 1.29 is 8.42 Å². The Hall–Kier alpha value is -2.38. The van der Waals surface area contributed by atoms with Gasteiger partial charge in [-0.05, 0) is 31.2 Å². The minimum atomic E-state index is -2.84. The highest BCUT2D eigenvalue weighted by Crippen LogP contribution is 2.33. The van der Waals surface area contributed by atoms with Crippen LogP contribution in [0, 0.1) is 6.92 Å². The van der Waals surface area contributed by atoms with Gasteiger partial charge in [0.15, 0.2) is 5.82 Å². The van der Waals surface area contributed by atoms with E-state index in [2.05, 4.69) is 19.9 Å². The number of thiophene rings is 1. The summed E-state index contributed by atoms with van der Waals surface area (Å²) in [6.45, 7) is 4.48. The molecule has 4 aromatic heterocycles. The van der Waals surface area contributed by atoms with Crippen molar-refractivity contribution in [3.8, 4) is 0 Å². The van der Waals surface area contributed by atoms with E-state index in [0.717, 1.165) is 16.8 Å². The van der Waals surface area contributed by atoms with E-state index in [0.29, 0.717) is 27.2 Å². The molecule has 0 saturated heterocycles. The van der Waals surface area contributed by atoms with Crippen LogP contribution in [0.2, 0.25) is 0 Å². The molecule has 4 heterocycles. The lowest BCUT2D eigenvalue weighted by molar-refractivity contribution is 0.618. The molecule has 0 spiro atoms. The summed E-state index contributed by atoms with van der Waals surface area (Å²) in [6.07, 6.45) is 2.30. The van der Waals surface area contributed by atoms with Gasteiger partial charge < -0.3 is 4.57 Å². The number of rotatable bonds is 6. The van der Waals surface area contributed by atoms with Crippen molar-refractivity contribution in [2.75, 3.05) is 4.72 Å². The molecule has 4 rings (SSSR count). The third-order valence-corrected chi connectivity index (χ3v) is 6.63. The van der Waals surface area contributed by atoms with Gasteiger partial charge in [0.1, 0.15) is 9.73 Å². The molecule has 0 saturated carbocycles. The highest BCUT2D eigenvalue weighted by atomic mass is 32.2. The average Bonchev–Trinajstić information content (AvgIpc) is 3.31. The highest BCUT2D eigenvalue weighted by molar-refractivity contribution is 7.99. The van der Waals surface area contributed by atoms with E-state index in [-0.39, 0.29) is 11.4 Å². The molecule has 0 radical (unpaired) electrons. The third-order valence-electron chi connectivity index (χ3n) is 4.09. The Morgan fingerprint density at radius 1 is 1.32 bits per heavy atom. The monoisotopic (exact) mass is 439 g/mol. The van der Waals surface area contributed by atoms with Crippen LogP contribution < -0.4 is 10.3 Å². The fourth-order valence-corrected chi connectivity index (χ4v) is 5.24. The first-order valence-electron chi connectivity index (χ1n) is 8.39. The van der Waals surface area contributed by atoms with E-state index in [4.69, 9.17) is 0 Å². The number of aryl methyl sites for hydroxylation is 3. The van der Waals surface area contributed by atoms with Crippen LogP contribution in [-0.2, 0) is 24.5 Å². The van der Waals surface area contributed by atoms with Crippen molar-refractivity contribution in [2.45, 2.75) is 37.0 Å². The molecule has 0 atom stereocenters.